The third-order valence-corrected chi connectivity index (χ3v) is 4.65. The zero-order valence-corrected chi connectivity index (χ0v) is 19.3. The van der Waals surface area contributed by atoms with E-state index < -0.39 is 0 Å². The Morgan fingerprint density at radius 1 is 0.969 bits per heavy atom. The summed E-state index contributed by atoms with van der Waals surface area (Å²) in [7, 11) is 5.08. The van der Waals surface area contributed by atoms with Crippen LogP contribution in [0.5, 0.6) is 5.75 Å². The number of carbonyl (C=O) groups is 2. The molecule has 32 heavy (non-hydrogen) atoms. The largest absolute Gasteiger partial charge is 0.497 e. The van der Waals surface area contributed by atoms with E-state index in [-0.39, 0.29) is 11.8 Å². The van der Waals surface area contributed by atoms with Gasteiger partial charge in [0.25, 0.3) is 11.8 Å². The highest BCUT2D eigenvalue weighted by Crippen LogP contribution is 2.11. The summed E-state index contributed by atoms with van der Waals surface area (Å²) in [6.07, 6.45) is 0.722. The molecular weight excluding hydrogens is 406 g/mol. The van der Waals surface area contributed by atoms with E-state index in [0.29, 0.717) is 42.5 Å². The van der Waals surface area contributed by atoms with Crippen molar-refractivity contribution in [2.24, 2.45) is 4.99 Å². The molecule has 3 N–H and O–H groups in total. The van der Waals surface area contributed by atoms with Gasteiger partial charge in [0.15, 0.2) is 5.96 Å². The van der Waals surface area contributed by atoms with Crippen LogP contribution >= 0.6 is 0 Å². The number of ether oxygens (including phenoxy) is 1. The van der Waals surface area contributed by atoms with Crippen LogP contribution < -0.4 is 20.7 Å². The van der Waals surface area contributed by atoms with Crippen LogP contribution in [0.2, 0.25) is 0 Å². The van der Waals surface area contributed by atoms with Crippen LogP contribution in [-0.2, 0) is 6.42 Å². The molecule has 0 fully saturated rings. The summed E-state index contributed by atoms with van der Waals surface area (Å²) >= 11 is 0. The molecule has 0 atom stereocenters. The Morgan fingerprint density at radius 3 is 2.34 bits per heavy atom. The number of nitrogens with one attached hydrogen (secondary N) is 3. The molecule has 0 unspecified atom stereocenters. The number of amides is 2. The van der Waals surface area contributed by atoms with Gasteiger partial charge in [-0.05, 0) is 55.3 Å². The summed E-state index contributed by atoms with van der Waals surface area (Å²) in [6.45, 7) is 4.31. The van der Waals surface area contributed by atoms with E-state index in [0.717, 1.165) is 18.5 Å². The molecule has 0 aromatic heterocycles. The van der Waals surface area contributed by atoms with Gasteiger partial charge in [-0.2, -0.15) is 0 Å². The van der Waals surface area contributed by atoms with E-state index >= 15 is 0 Å². The summed E-state index contributed by atoms with van der Waals surface area (Å²) in [6, 6.07) is 14.6. The second kappa shape index (κ2) is 13.0. The maximum Gasteiger partial charge on any atom is 0.253 e. The molecule has 2 rings (SSSR count). The number of methoxy groups -OCH3 is 1. The van der Waals surface area contributed by atoms with Crippen molar-refractivity contribution >= 4 is 17.8 Å². The van der Waals surface area contributed by atoms with Crippen LogP contribution in [0.15, 0.2) is 53.5 Å². The van der Waals surface area contributed by atoms with Crippen molar-refractivity contribution in [3.8, 4) is 5.75 Å². The van der Waals surface area contributed by atoms with Gasteiger partial charge >= 0.3 is 0 Å². The quantitative estimate of drug-likeness (QED) is 0.299. The number of benzene rings is 2. The highest BCUT2D eigenvalue weighted by molar-refractivity contribution is 5.94. The zero-order valence-electron chi connectivity index (χ0n) is 19.3. The lowest BCUT2D eigenvalue weighted by molar-refractivity contribution is 0.0827. The molecular formula is C24H33N5O3. The van der Waals surface area contributed by atoms with Crippen LogP contribution in [0.3, 0.4) is 0 Å². The van der Waals surface area contributed by atoms with Gasteiger partial charge in [-0.15, -0.1) is 0 Å². The number of aliphatic imine (C=N–C) groups is 1. The van der Waals surface area contributed by atoms with Crippen molar-refractivity contribution in [3.05, 3.63) is 65.2 Å². The van der Waals surface area contributed by atoms with Crippen molar-refractivity contribution in [1.82, 2.24) is 20.9 Å². The highest BCUT2D eigenvalue weighted by atomic mass is 16.5. The molecule has 172 valence electrons. The van der Waals surface area contributed by atoms with Crippen molar-refractivity contribution < 1.29 is 14.3 Å². The van der Waals surface area contributed by atoms with E-state index in [2.05, 4.69) is 20.9 Å². The molecule has 0 radical (unpaired) electrons. The molecule has 0 aliphatic heterocycles. The van der Waals surface area contributed by atoms with Crippen molar-refractivity contribution in [2.75, 3.05) is 47.4 Å². The van der Waals surface area contributed by atoms with Crippen molar-refractivity contribution in [3.63, 3.8) is 0 Å². The third kappa shape index (κ3) is 7.94. The van der Waals surface area contributed by atoms with Gasteiger partial charge in [0, 0.05) is 51.4 Å². The number of nitrogens with zero attached hydrogens (tertiary/aromatic N) is 2. The minimum Gasteiger partial charge on any atom is -0.497 e. The fourth-order valence-corrected chi connectivity index (χ4v) is 2.96. The molecule has 2 aromatic rings. The summed E-state index contributed by atoms with van der Waals surface area (Å²) in [5.41, 5.74) is 2.32. The molecule has 2 amide bonds. The van der Waals surface area contributed by atoms with Crippen LogP contribution in [0.25, 0.3) is 0 Å². The minimum atomic E-state index is -0.136. The Hall–Kier alpha value is -3.55. The van der Waals surface area contributed by atoms with Crippen molar-refractivity contribution in [2.45, 2.75) is 13.3 Å². The standard InChI is InChI=1S/C24H33N5O3/c1-5-25-24(27-14-13-18-7-6-8-20(17-18)23(31)29(2)3)28-16-15-26-22(30)19-9-11-21(32-4)12-10-19/h6-12,17H,5,13-16H2,1-4H3,(H,26,30)(H2,25,27,28). The predicted molar refractivity (Wildman–Crippen MR) is 127 cm³/mol. The zero-order chi connectivity index (χ0) is 23.3. The van der Waals surface area contributed by atoms with E-state index in [9.17, 15) is 9.59 Å². The Morgan fingerprint density at radius 2 is 1.69 bits per heavy atom. The molecule has 0 aliphatic carbocycles. The van der Waals surface area contributed by atoms with E-state index in [4.69, 9.17) is 4.74 Å². The van der Waals surface area contributed by atoms with Crippen LogP contribution in [0.4, 0.5) is 0 Å². The first kappa shape index (κ1) is 24.7. The predicted octanol–water partition coefficient (Wildman–Crippen LogP) is 1.92. The summed E-state index contributed by atoms with van der Waals surface area (Å²) in [4.78, 5) is 30.5. The van der Waals surface area contributed by atoms with Crippen LogP contribution in [-0.4, -0.2) is 70.1 Å². The van der Waals surface area contributed by atoms with E-state index in [1.165, 1.54) is 0 Å². The first-order chi connectivity index (χ1) is 15.4. The second-order valence-electron chi connectivity index (χ2n) is 7.32. The van der Waals surface area contributed by atoms with Gasteiger partial charge in [-0.3, -0.25) is 14.6 Å². The number of rotatable bonds is 10. The van der Waals surface area contributed by atoms with Gasteiger partial charge in [-0.25, -0.2) is 0 Å². The number of hydrogen-bond acceptors (Lipinski definition) is 4. The Balaban J connectivity index is 1.80. The molecule has 0 saturated heterocycles. The van der Waals surface area contributed by atoms with Gasteiger partial charge in [-0.1, -0.05) is 12.1 Å². The number of carbonyl (C=O) groups excluding carboxylic acids is 2. The first-order valence-corrected chi connectivity index (χ1v) is 10.7. The summed E-state index contributed by atoms with van der Waals surface area (Å²) < 4.78 is 5.10. The Kier molecular flexibility index (Phi) is 10.0. The molecule has 0 heterocycles. The average Bonchev–Trinajstić information content (AvgIpc) is 2.81. The average molecular weight is 440 g/mol. The SMILES string of the molecule is CCNC(=NCCc1cccc(C(=O)N(C)C)c1)NCCNC(=O)c1ccc(OC)cc1. The smallest absolute Gasteiger partial charge is 0.253 e. The summed E-state index contributed by atoms with van der Waals surface area (Å²) in [5, 5.41) is 9.30. The lowest BCUT2D eigenvalue weighted by atomic mass is 10.1. The lowest BCUT2D eigenvalue weighted by Crippen LogP contribution is -2.41. The van der Waals surface area contributed by atoms with Gasteiger partial charge < -0.3 is 25.6 Å². The lowest BCUT2D eigenvalue weighted by Gasteiger charge is -2.12. The van der Waals surface area contributed by atoms with E-state index in [1.54, 1.807) is 50.4 Å². The molecule has 0 saturated carbocycles. The molecule has 8 heteroatoms. The van der Waals surface area contributed by atoms with Gasteiger partial charge in [0.05, 0.1) is 7.11 Å². The topological polar surface area (TPSA) is 95.1 Å². The van der Waals surface area contributed by atoms with Gasteiger partial charge in [0.2, 0.25) is 0 Å². The third-order valence-electron chi connectivity index (χ3n) is 4.65. The fourth-order valence-electron chi connectivity index (χ4n) is 2.96. The number of guanidine groups is 1. The molecule has 2 aromatic carbocycles. The molecule has 0 aliphatic rings. The number of hydrogen-bond donors (Lipinski definition) is 3. The van der Waals surface area contributed by atoms with Crippen molar-refractivity contribution in [1.29, 1.82) is 0 Å². The fraction of sp³-hybridized carbons (Fsp3) is 0.375. The minimum absolute atomic E-state index is 0.0120. The molecule has 8 nitrogen and oxygen atoms in total. The first-order valence-electron chi connectivity index (χ1n) is 10.7. The molecule has 0 bridgehead atoms. The second-order valence-corrected chi connectivity index (χ2v) is 7.32. The van der Waals surface area contributed by atoms with Crippen LogP contribution in [0, 0.1) is 0 Å². The molecule has 0 spiro atoms. The van der Waals surface area contributed by atoms with Crippen LogP contribution in [0.1, 0.15) is 33.2 Å². The highest BCUT2D eigenvalue weighted by Gasteiger charge is 2.08. The summed E-state index contributed by atoms with van der Waals surface area (Å²) in [5.74, 6) is 1.25. The Bertz CT molecular complexity index is 910. The van der Waals surface area contributed by atoms with Gasteiger partial charge in [0.1, 0.15) is 5.75 Å². The normalized spacial score (nSPS) is 10.9. The monoisotopic (exact) mass is 439 g/mol. The maximum atomic E-state index is 12.2. The Labute approximate surface area is 190 Å². The maximum absolute atomic E-state index is 12.2. The van der Waals surface area contributed by atoms with E-state index in [1.807, 2.05) is 31.2 Å².